The van der Waals surface area contributed by atoms with Gasteiger partial charge in [0, 0.05) is 0 Å². The Labute approximate surface area is 92.4 Å². The van der Waals surface area contributed by atoms with Gasteiger partial charge in [-0.3, -0.25) is 0 Å². The Balaban J connectivity index is 3.00. The van der Waals surface area contributed by atoms with Crippen molar-refractivity contribution in [3.8, 4) is 5.75 Å². The number of benzene rings is 1. The lowest BCUT2D eigenvalue weighted by Crippen LogP contribution is -2.17. The molecular weight excluding hydrogens is 186 g/mol. The molecule has 0 saturated heterocycles. The molecule has 2 heteroatoms. The Morgan fingerprint density at radius 1 is 1.33 bits per heavy atom. The van der Waals surface area contributed by atoms with Crippen LogP contribution in [0.5, 0.6) is 5.75 Å². The van der Waals surface area contributed by atoms with E-state index in [4.69, 9.17) is 10.5 Å². The van der Waals surface area contributed by atoms with Gasteiger partial charge in [-0.15, -0.1) is 0 Å². The Hall–Kier alpha value is -1.02. The Morgan fingerprint density at radius 2 is 2.00 bits per heavy atom. The van der Waals surface area contributed by atoms with E-state index < -0.39 is 0 Å². The van der Waals surface area contributed by atoms with E-state index in [-0.39, 0.29) is 0 Å². The number of nitrogens with two attached hydrogens (primary N) is 1. The predicted molar refractivity (Wildman–Crippen MR) is 64.4 cm³/mol. The van der Waals surface area contributed by atoms with E-state index in [9.17, 15) is 0 Å². The monoisotopic (exact) mass is 207 g/mol. The molecule has 0 aliphatic rings. The van der Waals surface area contributed by atoms with Gasteiger partial charge < -0.3 is 10.5 Å². The van der Waals surface area contributed by atoms with Gasteiger partial charge in [0.2, 0.25) is 0 Å². The van der Waals surface area contributed by atoms with Crippen LogP contribution in [0.15, 0.2) is 18.2 Å². The highest BCUT2D eigenvalue weighted by atomic mass is 16.5. The van der Waals surface area contributed by atoms with E-state index in [2.05, 4.69) is 32.9 Å². The third-order valence-electron chi connectivity index (χ3n) is 2.91. The summed E-state index contributed by atoms with van der Waals surface area (Å²) < 4.78 is 5.24. The van der Waals surface area contributed by atoms with Gasteiger partial charge >= 0.3 is 0 Å². The molecule has 0 saturated carbocycles. The third kappa shape index (κ3) is 2.72. The van der Waals surface area contributed by atoms with Crippen molar-refractivity contribution in [2.45, 2.75) is 26.7 Å². The molecule has 15 heavy (non-hydrogen) atoms. The van der Waals surface area contributed by atoms with Gasteiger partial charge in [0.1, 0.15) is 5.75 Å². The number of ether oxygens (including phenoxy) is 1. The summed E-state index contributed by atoms with van der Waals surface area (Å²) in [7, 11) is 1.70. The van der Waals surface area contributed by atoms with Crippen molar-refractivity contribution in [1.29, 1.82) is 0 Å². The van der Waals surface area contributed by atoms with Crippen molar-refractivity contribution in [2.24, 2.45) is 11.7 Å². The summed E-state index contributed by atoms with van der Waals surface area (Å²) in [4.78, 5) is 0. The molecule has 0 radical (unpaired) electrons. The van der Waals surface area contributed by atoms with Crippen molar-refractivity contribution in [1.82, 2.24) is 0 Å². The van der Waals surface area contributed by atoms with Crippen molar-refractivity contribution >= 4 is 0 Å². The molecule has 2 N–H and O–H groups in total. The lowest BCUT2D eigenvalue weighted by atomic mass is 9.88. The molecular formula is C13H21NO. The highest BCUT2D eigenvalue weighted by Crippen LogP contribution is 2.27. The molecule has 0 bridgehead atoms. The fourth-order valence-corrected chi connectivity index (χ4v) is 1.93. The molecule has 0 heterocycles. The van der Waals surface area contributed by atoms with Crippen LogP contribution in [-0.2, 0) is 0 Å². The Bertz CT molecular complexity index is 320. The molecule has 2 nitrogen and oxygen atoms in total. The minimum atomic E-state index is 0.439. The van der Waals surface area contributed by atoms with Gasteiger partial charge in [-0.05, 0) is 42.5 Å². The summed E-state index contributed by atoms with van der Waals surface area (Å²) in [5.41, 5.74) is 8.28. The van der Waals surface area contributed by atoms with Crippen LogP contribution in [0.2, 0.25) is 0 Å². The molecule has 84 valence electrons. The molecule has 0 fully saturated rings. The van der Waals surface area contributed by atoms with Crippen molar-refractivity contribution in [3.05, 3.63) is 29.3 Å². The van der Waals surface area contributed by atoms with E-state index in [1.54, 1.807) is 7.11 Å². The minimum absolute atomic E-state index is 0.439. The number of methoxy groups -OCH3 is 1. The summed E-state index contributed by atoms with van der Waals surface area (Å²) in [6.07, 6.45) is 0. The zero-order chi connectivity index (χ0) is 11.4. The standard InChI is InChI=1S/C13H21NO/c1-9(2)12(8-14)11-5-6-13(15-4)10(3)7-11/h5-7,9,12H,8,14H2,1-4H3. The molecule has 0 spiro atoms. The van der Waals surface area contributed by atoms with E-state index in [1.165, 1.54) is 11.1 Å². The summed E-state index contributed by atoms with van der Waals surface area (Å²) in [5.74, 6) is 1.95. The van der Waals surface area contributed by atoms with E-state index in [1.807, 2.05) is 6.07 Å². The van der Waals surface area contributed by atoms with Crippen LogP contribution in [-0.4, -0.2) is 13.7 Å². The zero-order valence-electron chi connectivity index (χ0n) is 10.1. The maximum absolute atomic E-state index is 5.80. The molecule has 0 amide bonds. The van der Waals surface area contributed by atoms with Crippen LogP contribution in [0.4, 0.5) is 0 Å². The first-order chi connectivity index (χ1) is 7.10. The van der Waals surface area contributed by atoms with Crippen LogP contribution in [0, 0.1) is 12.8 Å². The van der Waals surface area contributed by atoms with Gasteiger partial charge in [0.25, 0.3) is 0 Å². The highest BCUT2D eigenvalue weighted by molar-refractivity contribution is 5.37. The molecule has 0 aromatic heterocycles. The number of rotatable bonds is 4. The SMILES string of the molecule is COc1ccc(C(CN)C(C)C)cc1C. The van der Waals surface area contributed by atoms with Gasteiger partial charge in [-0.1, -0.05) is 26.0 Å². The van der Waals surface area contributed by atoms with Crippen molar-refractivity contribution in [3.63, 3.8) is 0 Å². The Kier molecular flexibility index (Phi) is 4.15. The van der Waals surface area contributed by atoms with Crippen LogP contribution >= 0.6 is 0 Å². The molecule has 1 unspecified atom stereocenters. The average Bonchev–Trinajstić information content (AvgIpc) is 2.18. The highest BCUT2D eigenvalue weighted by Gasteiger charge is 2.14. The van der Waals surface area contributed by atoms with Gasteiger partial charge in [-0.2, -0.15) is 0 Å². The smallest absolute Gasteiger partial charge is 0.121 e. The van der Waals surface area contributed by atoms with Crippen LogP contribution in [0.1, 0.15) is 30.9 Å². The van der Waals surface area contributed by atoms with Gasteiger partial charge in [0.15, 0.2) is 0 Å². The first-order valence-corrected chi connectivity index (χ1v) is 5.44. The maximum atomic E-state index is 5.80. The number of hydrogen-bond acceptors (Lipinski definition) is 2. The number of aryl methyl sites for hydroxylation is 1. The molecule has 1 aromatic rings. The second kappa shape index (κ2) is 5.17. The minimum Gasteiger partial charge on any atom is -0.496 e. The predicted octanol–water partition coefficient (Wildman–Crippen LogP) is 2.70. The summed E-state index contributed by atoms with van der Waals surface area (Å²) in [5, 5.41) is 0. The largest absolute Gasteiger partial charge is 0.496 e. The van der Waals surface area contributed by atoms with Crippen LogP contribution in [0.3, 0.4) is 0 Å². The summed E-state index contributed by atoms with van der Waals surface area (Å²) in [6.45, 7) is 7.17. The Morgan fingerprint density at radius 3 is 2.40 bits per heavy atom. The lowest BCUT2D eigenvalue weighted by molar-refractivity contribution is 0.411. The molecule has 0 aliphatic carbocycles. The fourth-order valence-electron chi connectivity index (χ4n) is 1.93. The third-order valence-corrected chi connectivity index (χ3v) is 2.91. The first-order valence-electron chi connectivity index (χ1n) is 5.44. The second-order valence-corrected chi connectivity index (χ2v) is 4.32. The van der Waals surface area contributed by atoms with Crippen molar-refractivity contribution in [2.75, 3.05) is 13.7 Å². The molecule has 0 aliphatic heterocycles. The molecule has 1 aromatic carbocycles. The quantitative estimate of drug-likeness (QED) is 0.824. The molecule has 1 atom stereocenters. The van der Waals surface area contributed by atoms with Crippen LogP contribution in [0.25, 0.3) is 0 Å². The zero-order valence-corrected chi connectivity index (χ0v) is 10.1. The average molecular weight is 207 g/mol. The van der Waals surface area contributed by atoms with Gasteiger partial charge in [0.05, 0.1) is 7.11 Å². The normalized spacial score (nSPS) is 12.9. The van der Waals surface area contributed by atoms with E-state index in [0.717, 1.165) is 5.75 Å². The fraction of sp³-hybridized carbons (Fsp3) is 0.538. The van der Waals surface area contributed by atoms with Crippen molar-refractivity contribution < 1.29 is 4.74 Å². The second-order valence-electron chi connectivity index (χ2n) is 4.32. The maximum Gasteiger partial charge on any atom is 0.121 e. The van der Waals surface area contributed by atoms with Gasteiger partial charge in [-0.25, -0.2) is 0 Å². The van der Waals surface area contributed by atoms with E-state index in [0.29, 0.717) is 18.4 Å². The summed E-state index contributed by atoms with van der Waals surface area (Å²) >= 11 is 0. The first kappa shape index (κ1) is 12.1. The lowest BCUT2D eigenvalue weighted by Gasteiger charge is -2.20. The number of hydrogen-bond donors (Lipinski definition) is 1. The van der Waals surface area contributed by atoms with E-state index >= 15 is 0 Å². The summed E-state index contributed by atoms with van der Waals surface area (Å²) in [6, 6.07) is 6.31. The molecule has 1 rings (SSSR count). The van der Waals surface area contributed by atoms with Crippen LogP contribution < -0.4 is 10.5 Å². The topological polar surface area (TPSA) is 35.2 Å².